The lowest BCUT2D eigenvalue weighted by molar-refractivity contribution is -0.384. The fourth-order valence-corrected chi connectivity index (χ4v) is 3.33. The van der Waals surface area contributed by atoms with E-state index in [1.165, 1.54) is 30.7 Å². The van der Waals surface area contributed by atoms with Crippen LogP contribution < -0.4 is 15.5 Å². The van der Waals surface area contributed by atoms with E-state index in [2.05, 4.69) is 27.7 Å². The normalized spacial score (nSPS) is 13.2. The van der Waals surface area contributed by atoms with Crippen LogP contribution in [0.4, 0.5) is 17.1 Å². The van der Waals surface area contributed by atoms with E-state index >= 15 is 0 Å². The molecule has 3 rings (SSSR count). The van der Waals surface area contributed by atoms with Crippen LogP contribution in [-0.2, 0) is 16.0 Å². The van der Waals surface area contributed by atoms with Crippen LogP contribution in [0.15, 0.2) is 42.5 Å². The van der Waals surface area contributed by atoms with Gasteiger partial charge in [-0.2, -0.15) is 0 Å². The second kappa shape index (κ2) is 9.18. The quantitative estimate of drug-likeness (QED) is 0.444. The standard InChI is InChI=1S/C21H24N4O4/c1-15-4-9-18(19(14-15)25(28)29)23-21(27)20(26)22-11-10-16-5-7-17(8-6-16)24-12-2-3-13-24/h4-9,14H,2-3,10-13H2,1H3,(H,22,26)(H,23,27). The van der Waals surface area contributed by atoms with Crippen molar-refractivity contribution in [1.29, 1.82) is 0 Å². The number of nitrogens with zero attached hydrogens (tertiary/aromatic N) is 2. The molecule has 0 unspecified atom stereocenters. The third-order valence-electron chi connectivity index (χ3n) is 4.91. The minimum atomic E-state index is -0.929. The van der Waals surface area contributed by atoms with Crippen molar-refractivity contribution in [2.75, 3.05) is 29.9 Å². The molecule has 2 aromatic rings. The summed E-state index contributed by atoms with van der Waals surface area (Å²) >= 11 is 0. The minimum absolute atomic E-state index is 0.00162. The van der Waals surface area contributed by atoms with Gasteiger partial charge in [0.05, 0.1) is 4.92 Å². The predicted molar refractivity (Wildman–Crippen MR) is 111 cm³/mol. The van der Waals surface area contributed by atoms with Crippen LogP contribution in [0.5, 0.6) is 0 Å². The van der Waals surface area contributed by atoms with Gasteiger partial charge in [0, 0.05) is 31.4 Å². The lowest BCUT2D eigenvalue weighted by atomic mass is 10.1. The highest BCUT2D eigenvalue weighted by atomic mass is 16.6. The van der Waals surface area contributed by atoms with Crippen LogP contribution in [0.1, 0.15) is 24.0 Å². The van der Waals surface area contributed by atoms with E-state index in [1.807, 2.05) is 12.1 Å². The lowest BCUT2D eigenvalue weighted by Crippen LogP contribution is -2.36. The average Bonchev–Trinajstić information content (AvgIpc) is 3.24. The number of hydrogen-bond acceptors (Lipinski definition) is 5. The molecule has 2 N–H and O–H groups in total. The molecule has 8 heteroatoms. The van der Waals surface area contributed by atoms with Gasteiger partial charge in [0.15, 0.2) is 0 Å². The summed E-state index contributed by atoms with van der Waals surface area (Å²) in [4.78, 5) is 36.9. The van der Waals surface area contributed by atoms with Crippen LogP contribution in [0.3, 0.4) is 0 Å². The van der Waals surface area contributed by atoms with Gasteiger partial charge < -0.3 is 15.5 Å². The molecule has 0 aromatic heterocycles. The fourth-order valence-electron chi connectivity index (χ4n) is 3.33. The molecule has 0 atom stereocenters. The first-order valence-corrected chi connectivity index (χ1v) is 9.62. The maximum atomic E-state index is 12.1. The zero-order valence-electron chi connectivity index (χ0n) is 16.3. The van der Waals surface area contributed by atoms with E-state index in [4.69, 9.17) is 0 Å². The number of carbonyl (C=O) groups excluding carboxylic acids is 2. The highest BCUT2D eigenvalue weighted by Gasteiger charge is 2.20. The molecular formula is C21H24N4O4. The summed E-state index contributed by atoms with van der Waals surface area (Å²) in [5, 5.41) is 16.0. The number of aryl methyl sites for hydroxylation is 1. The third kappa shape index (κ3) is 5.31. The molecule has 1 saturated heterocycles. The number of rotatable bonds is 6. The Hall–Kier alpha value is -3.42. The molecule has 29 heavy (non-hydrogen) atoms. The first-order valence-electron chi connectivity index (χ1n) is 9.62. The van der Waals surface area contributed by atoms with E-state index in [9.17, 15) is 19.7 Å². The monoisotopic (exact) mass is 396 g/mol. The summed E-state index contributed by atoms with van der Waals surface area (Å²) in [5.74, 6) is -1.75. The number of nitro benzene ring substituents is 1. The van der Waals surface area contributed by atoms with Crippen molar-refractivity contribution in [3.8, 4) is 0 Å². The van der Waals surface area contributed by atoms with E-state index in [0.29, 0.717) is 18.5 Å². The molecule has 2 amide bonds. The molecule has 2 aromatic carbocycles. The van der Waals surface area contributed by atoms with Crippen molar-refractivity contribution in [3.05, 3.63) is 63.7 Å². The Morgan fingerprint density at radius 1 is 1.07 bits per heavy atom. The van der Waals surface area contributed by atoms with E-state index in [0.717, 1.165) is 18.7 Å². The molecule has 0 saturated carbocycles. The number of amides is 2. The SMILES string of the molecule is Cc1ccc(NC(=O)C(=O)NCCc2ccc(N3CCCC3)cc2)c([N+](=O)[O-])c1. The third-order valence-corrected chi connectivity index (χ3v) is 4.91. The van der Waals surface area contributed by atoms with Crippen molar-refractivity contribution >= 4 is 28.9 Å². The van der Waals surface area contributed by atoms with Crippen molar-refractivity contribution in [2.24, 2.45) is 0 Å². The second-order valence-corrected chi connectivity index (χ2v) is 7.10. The van der Waals surface area contributed by atoms with Gasteiger partial charge >= 0.3 is 11.8 Å². The number of anilines is 2. The highest BCUT2D eigenvalue weighted by molar-refractivity contribution is 6.39. The number of carbonyl (C=O) groups is 2. The van der Waals surface area contributed by atoms with Gasteiger partial charge in [-0.3, -0.25) is 19.7 Å². The molecule has 1 aliphatic heterocycles. The van der Waals surface area contributed by atoms with Gasteiger partial charge in [0.25, 0.3) is 5.69 Å². The maximum absolute atomic E-state index is 12.1. The van der Waals surface area contributed by atoms with Crippen molar-refractivity contribution < 1.29 is 14.5 Å². The zero-order valence-corrected chi connectivity index (χ0v) is 16.3. The molecule has 0 radical (unpaired) electrons. The average molecular weight is 396 g/mol. The zero-order chi connectivity index (χ0) is 20.8. The van der Waals surface area contributed by atoms with Crippen LogP contribution in [0.2, 0.25) is 0 Å². The van der Waals surface area contributed by atoms with Crippen LogP contribution in [-0.4, -0.2) is 36.4 Å². The summed E-state index contributed by atoms with van der Waals surface area (Å²) in [6.07, 6.45) is 3.03. The molecule has 152 valence electrons. The molecule has 1 aliphatic rings. The first-order chi connectivity index (χ1) is 13.9. The lowest BCUT2D eigenvalue weighted by Gasteiger charge is -2.17. The molecule has 8 nitrogen and oxygen atoms in total. The summed E-state index contributed by atoms with van der Waals surface area (Å²) in [6.45, 7) is 4.18. The van der Waals surface area contributed by atoms with E-state index in [1.54, 1.807) is 13.0 Å². The summed E-state index contributed by atoms with van der Waals surface area (Å²) in [5.41, 5.74) is 2.70. The number of nitro groups is 1. The van der Waals surface area contributed by atoms with Gasteiger partial charge in [-0.15, -0.1) is 0 Å². The van der Waals surface area contributed by atoms with Gasteiger partial charge in [-0.1, -0.05) is 18.2 Å². The Kier molecular flexibility index (Phi) is 6.43. The molecule has 1 fully saturated rings. The molecule has 0 spiro atoms. The van der Waals surface area contributed by atoms with Crippen LogP contribution in [0, 0.1) is 17.0 Å². The molecular weight excluding hydrogens is 372 g/mol. The topological polar surface area (TPSA) is 105 Å². The van der Waals surface area contributed by atoms with Crippen molar-refractivity contribution in [3.63, 3.8) is 0 Å². The van der Waals surface area contributed by atoms with Gasteiger partial charge in [0.1, 0.15) is 5.69 Å². The Labute approximate surface area is 169 Å². The highest BCUT2D eigenvalue weighted by Crippen LogP contribution is 2.25. The summed E-state index contributed by atoms with van der Waals surface area (Å²) in [7, 11) is 0. The summed E-state index contributed by atoms with van der Waals surface area (Å²) in [6, 6.07) is 12.6. The predicted octanol–water partition coefficient (Wildman–Crippen LogP) is 2.80. The number of hydrogen-bond donors (Lipinski definition) is 2. The largest absolute Gasteiger partial charge is 0.372 e. The maximum Gasteiger partial charge on any atom is 0.313 e. The second-order valence-electron chi connectivity index (χ2n) is 7.10. The van der Waals surface area contributed by atoms with Gasteiger partial charge in [0.2, 0.25) is 0 Å². The van der Waals surface area contributed by atoms with Crippen molar-refractivity contribution in [1.82, 2.24) is 5.32 Å². The van der Waals surface area contributed by atoms with Gasteiger partial charge in [-0.25, -0.2) is 0 Å². The smallest absolute Gasteiger partial charge is 0.313 e. The van der Waals surface area contributed by atoms with Crippen molar-refractivity contribution in [2.45, 2.75) is 26.2 Å². The fraction of sp³-hybridized carbons (Fsp3) is 0.333. The summed E-state index contributed by atoms with van der Waals surface area (Å²) < 4.78 is 0. The number of nitrogens with one attached hydrogen (secondary N) is 2. The molecule has 0 aliphatic carbocycles. The Balaban J connectivity index is 1.49. The first kappa shape index (κ1) is 20.3. The molecule has 1 heterocycles. The van der Waals surface area contributed by atoms with Crippen LogP contribution in [0.25, 0.3) is 0 Å². The molecule has 0 bridgehead atoms. The van der Waals surface area contributed by atoms with Crippen LogP contribution >= 0.6 is 0 Å². The van der Waals surface area contributed by atoms with Gasteiger partial charge in [-0.05, 0) is 55.5 Å². The number of benzene rings is 2. The van der Waals surface area contributed by atoms with E-state index < -0.39 is 16.7 Å². The van der Waals surface area contributed by atoms with E-state index in [-0.39, 0.29) is 11.4 Å². The Morgan fingerprint density at radius 3 is 2.41 bits per heavy atom. The Bertz CT molecular complexity index is 905. The Morgan fingerprint density at radius 2 is 1.76 bits per heavy atom. The minimum Gasteiger partial charge on any atom is -0.372 e.